The zero-order valence-corrected chi connectivity index (χ0v) is 18.3. The summed E-state index contributed by atoms with van der Waals surface area (Å²) in [5, 5.41) is 11.7. The third-order valence-electron chi connectivity index (χ3n) is 4.60. The van der Waals surface area contributed by atoms with Gasteiger partial charge in [-0.1, -0.05) is 23.9 Å². The fraction of sp³-hybridized carbons (Fsp3) is 0.0870. The number of hydrogen-bond acceptors (Lipinski definition) is 7. The summed E-state index contributed by atoms with van der Waals surface area (Å²) >= 11 is 1.16. The smallest absolute Gasteiger partial charge is 0.339 e. The first-order chi connectivity index (χ1) is 16.1. The number of carbonyl (C=O) groups excluding carboxylic acids is 2. The zero-order chi connectivity index (χ0) is 23.2. The highest BCUT2D eigenvalue weighted by Crippen LogP contribution is 2.28. The molecule has 0 saturated heterocycles. The second-order valence-corrected chi connectivity index (χ2v) is 7.67. The molecule has 4 aromatic rings. The molecule has 0 aliphatic carbocycles. The topological polar surface area (TPSA) is 99.0 Å². The third kappa shape index (κ3) is 5.07. The van der Waals surface area contributed by atoms with Crippen molar-refractivity contribution >= 4 is 29.3 Å². The summed E-state index contributed by atoms with van der Waals surface area (Å²) in [6, 6.07) is 16.1. The van der Waals surface area contributed by atoms with Crippen LogP contribution in [0.3, 0.4) is 0 Å². The number of amides is 1. The number of thioether (sulfide) groups is 1. The van der Waals surface area contributed by atoms with Crippen LogP contribution < -0.4 is 5.32 Å². The predicted molar refractivity (Wildman–Crippen MR) is 122 cm³/mol. The van der Waals surface area contributed by atoms with E-state index in [2.05, 4.69) is 20.5 Å². The van der Waals surface area contributed by atoms with Crippen LogP contribution in [0.25, 0.3) is 17.1 Å². The molecule has 2 heterocycles. The maximum atomic E-state index is 13.5. The number of aromatic nitrogens is 4. The summed E-state index contributed by atoms with van der Waals surface area (Å²) in [7, 11) is 1.28. The number of ether oxygens (including phenoxy) is 1. The Morgan fingerprint density at radius 2 is 1.76 bits per heavy atom. The van der Waals surface area contributed by atoms with Gasteiger partial charge in [0.25, 0.3) is 0 Å². The van der Waals surface area contributed by atoms with Crippen LogP contribution in [-0.4, -0.2) is 44.5 Å². The van der Waals surface area contributed by atoms with Crippen molar-refractivity contribution in [3.8, 4) is 17.1 Å². The summed E-state index contributed by atoms with van der Waals surface area (Å²) in [5.74, 6) is -0.712. The summed E-state index contributed by atoms with van der Waals surface area (Å²) in [4.78, 5) is 28.6. The highest BCUT2D eigenvalue weighted by molar-refractivity contribution is 7.99. The minimum atomic E-state index is -0.545. The van der Waals surface area contributed by atoms with E-state index < -0.39 is 5.97 Å². The molecular weight excluding hydrogens is 445 g/mol. The van der Waals surface area contributed by atoms with Gasteiger partial charge in [-0.05, 0) is 48.5 Å². The largest absolute Gasteiger partial charge is 0.465 e. The van der Waals surface area contributed by atoms with E-state index in [-0.39, 0.29) is 23.0 Å². The van der Waals surface area contributed by atoms with Gasteiger partial charge in [0.05, 0.1) is 24.1 Å². The molecule has 8 nitrogen and oxygen atoms in total. The normalized spacial score (nSPS) is 10.6. The molecule has 2 aromatic carbocycles. The Morgan fingerprint density at radius 3 is 2.48 bits per heavy atom. The summed E-state index contributed by atoms with van der Waals surface area (Å²) in [5.41, 5.74) is 2.03. The van der Waals surface area contributed by atoms with E-state index in [1.807, 2.05) is 0 Å². The molecule has 0 aliphatic heterocycles. The number of hydrogen-bond donors (Lipinski definition) is 1. The molecule has 0 atom stereocenters. The van der Waals surface area contributed by atoms with Crippen molar-refractivity contribution in [2.75, 3.05) is 18.2 Å². The van der Waals surface area contributed by atoms with Crippen LogP contribution in [0.2, 0.25) is 0 Å². The number of carbonyl (C=O) groups is 2. The van der Waals surface area contributed by atoms with Gasteiger partial charge >= 0.3 is 5.97 Å². The fourth-order valence-electron chi connectivity index (χ4n) is 3.07. The molecular formula is C23H18FN5O3S. The Bertz CT molecular complexity index is 1280. The third-order valence-corrected chi connectivity index (χ3v) is 5.52. The number of nitrogens with zero attached hydrogens (tertiary/aromatic N) is 4. The van der Waals surface area contributed by atoms with Crippen molar-refractivity contribution < 1.29 is 18.7 Å². The second-order valence-electron chi connectivity index (χ2n) is 6.73. The Morgan fingerprint density at radius 1 is 1.03 bits per heavy atom. The van der Waals surface area contributed by atoms with Gasteiger partial charge in [-0.25, -0.2) is 9.18 Å². The SMILES string of the molecule is COC(=O)c1ccccc1NC(=O)CSc1nnc(-c2ccncc2)n1-c1ccc(F)cc1. The van der Waals surface area contributed by atoms with Crippen molar-refractivity contribution in [1.82, 2.24) is 19.7 Å². The molecule has 2 aromatic heterocycles. The molecule has 33 heavy (non-hydrogen) atoms. The highest BCUT2D eigenvalue weighted by Gasteiger charge is 2.18. The van der Waals surface area contributed by atoms with Crippen molar-refractivity contribution in [1.29, 1.82) is 0 Å². The minimum Gasteiger partial charge on any atom is -0.465 e. The van der Waals surface area contributed by atoms with Gasteiger partial charge in [-0.3, -0.25) is 14.3 Å². The maximum absolute atomic E-state index is 13.5. The van der Waals surface area contributed by atoms with Crippen LogP contribution in [0.5, 0.6) is 0 Å². The van der Waals surface area contributed by atoms with Crippen LogP contribution in [0.4, 0.5) is 10.1 Å². The van der Waals surface area contributed by atoms with E-state index in [1.54, 1.807) is 65.5 Å². The number of anilines is 1. The minimum absolute atomic E-state index is 0.00514. The van der Waals surface area contributed by atoms with Gasteiger partial charge in [-0.2, -0.15) is 0 Å². The number of nitrogens with one attached hydrogen (secondary N) is 1. The molecule has 0 saturated carbocycles. The molecule has 0 fully saturated rings. The van der Waals surface area contributed by atoms with Crippen molar-refractivity contribution in [2.45, 2.75) is 5.16 Å². The number of pyridine rings is 1. The zero-order valence-electron chi connectivity index (χ0n) is 17.4. The molecule has 0 spiro atoms. The number of rotatable bonds is 7. The molecule has 0 aliphatic rings. The van der Waals surface area contributed by atoms with Crippen LogP contribution >= 0.6 is 11.8 Å². The summed E-state index contributed by atoms with van der Waals surface area (Å²) in [6.45, 7) is 0. The number of para-hydroxylation sites is 1. The van der Waals surface area contributed by atoms with E-state index >= 15 is 0 Å². The first kappa shape index (κ1) is 22.2. The summed E-state index contributed by atoms with van der Waals surface area (Å²) in [6.07, 6.45) is 3.27. The lowest BCUT2D eigenvalue weighted by molar-refractivity contribution is -0.113. The lowest BCUT2D eigenvalue weighted by Crippen LogP contribution is -2.17. The molecule has 166 valence electrons. The Balaban J connectivity index is 1.58. The standard InChI is InChI=1S/C23H18FN5O3S/c1-32-22(31)18-4-2-3-5-19(18)26-20(30)14-33-23-28-27-21(15-10-12-25-13-11-15)29(23)17-8-6-16(24)7-9-17/h2-13H,14H2,1H3,(H,26,30). The number of halogens is 1. The average molecular weight is 463 g/mol. The van der Waals surface area contributed by atoms with E-state index in [0.717, 1.165) is 17.3 Å². The Labute approximate surface area is 192 Å². The summed E-state index contributed by atoms with van der Waals surface area (Å²) < 4.78 is 20.0. The van der Waals surface area contributed by atoms with E-state index in [1.165, 1.54) is 19.2 Å². The predicted octanol–water partition coefficient (Wildman–Crippen LogP) is 3.99. The first-order valence-electron chi connectivity index (χ1n) is 9.78. The van der Waals surface area contributed by atoms with Gasteiger partial charge in [-0.15, -0.1) is 10.2 Å². The molecule has 0 unspecified atom stereocenters. The van der Waals surface area contributed by atoms with Gasteiger partial charge in [0.15, 0.2) is 11.0 Å². The van der Waals surface area contributed by atoms with Gasteiger partial charge in [0, 0.05) is 23.6 Å². The Hall–Kier alpha value is -4.05. The molecule has 4 rings (SSSR count). The maximum Gasteiger partial charge on any atom is 0.339 e. The van der Waals surface area contributed by atoms with Crippen LogP contribution in [-0.2, 0) is 9.53 Å². The van der Waals surface area contributed by atoms with Crippen molar-refractivity contribution in [3.63, 3.8) is 0 Å². The Kier molecular flexibility index (Phi) is 6.75. The quantitative estimate of drug-likeness (QED) is 0.327. The van der Waals surface area contributed by atoms with E-state index in [4.69, 9.17) is 4.74 Å². The number of esters is 1. The lowest BCUT2D eigenvalue weighted by atomic mass is 10.2. The molecule has 10 heteroatoms. The molecule has 1 N–H and O–H groups in total. The van der Waals surface area contributed by atoms with E-state index in [9.17, 15) is 14.0 Å². The molecule has 1 amide bonds. The van der Waals surface area contributed by atoms with Crippen LogP contribution in [0.15, 0.2) is 78.2 Å². The molecule has 0 bridgehead atoms. The number of methoxy groups -OCH3 is 1. The van der Waals surface area contributed by atoms with Crippen LogP contribution in [0.1, 0.15) is 10.4 Å². The average Bonchev–Trinajstić information content (AvgIpc) is 3.27. The van der Waals surface area contributed by atoms with Crippen LogP contribution in [0, 0.1) is 5.82 Å². The highest BCUT2D eigenvalue weighted by atomic mass is 32.2. The van der Waals surface area contributed by atoms with Gasteiger partial charge in [0.2, 0.25) is 5.91 Å². The van der Waals surface area contributed by atoms with Gasteiger partial charge in [0.1, 0.15) is 5.82 Å². The lowest BCUT2D eigenvalue weighted by Gasteiger charge is -2.11. The van der Waals surface area contributed by atoms with Crippen molar-refractivity contribution in [3.05, 3.63) is 84.4 Å². The second kappa shape index (κ2) is 10.0. The van der Waals surface area contributed by atoms with Crippen molar-refractivity contribution in [2.24, 2.45) is 0 Å². The van der Waals surface area contributed by atoms with E-state index in [0.29, 0.717) is 22.4 Å². The monoisotopic (exact) mass is 463 g/mol. The first-order valence-corrected chi connectivity index (χ1v) is 10.8. The fourth-order valence-corrected chi connectivity index (χ4v) is 3.82. The molecule has 0 radical (unpaired) electrons. The van der Waals surface area contributed by atoms with Gasteiger partial charge < -0.3 is 10.1 Å². The number of benzene rings is 2.